The van der Waals surface area contributed by atoms with Crippen LogP contribution in [0.15, 0.2) is 48.6 Å². The van der Waals surface area contributed by atoms with E-state index in [-0.39, 0.29) is 19.1 Å². The molecule has 0 heterocycles. The maximum atomic E-state index is 12.9. The highest BCUT2D eigenvalue weighted by atomic mass is 31.2. The molecule has 0 aliphatic carbocycles. The number of nitrogens with one attached hydrogen (secondary N) is 1. The molecular formula is C55H106N2O6P+. The highest BCUT2D eigenvalue weighted by Crippen LogP contribution is 2.43. The maximum Gasteiger partial charge on any atom is 0.472 e. The van der Waals surface area contributed by atoms with Gasteiger partial charge in [-0.25, -0.2) is 4.57 Å². The quantitative estimate of drug-likeness (QED) is 0.0243. The van der Waals surface area contributed by atoms with Gasteiger partial charge in [0.15, 0.2) is 0 Å². The predicted octanol–water partition coefficient (Wildman–Crippen LogP) is 16.0. The third kappa shape index (κ3) is 48.4. The molecule has 0 radical (unpaired) electrons. The van der Waals surface area contributed by atoms with Crippen LogP contribution in [0.1, 0.15) is 245 Å². The average molecular weight is 922 g/mol. The molecule has 0 fully saturated rings. The molecule has 64 heavy (non-hydrogen) atoms. The van der Waals surface area contributed by atoms with Gasteiger partial charge in [-0.05, 0) is 64.2 Å². The Balaban J connectivity index is 4.12. The van der Waals surface area contributed by atoms with Crippen molar-refractivity contribution < 1.29 is 32.9 Å². The van der Waals surface area contributed by atoms with Gasteiger partial charge in [-0.1, -0.05) is 223 Å². The van der Waals surface area contributed by atoms with Crippen LogP contribution in [-0.2, 0) is 18.4 Å². The summed E-state index contributed by atoms with van der Waals surface area (Å²) in [6.07, 6.45) is 60.7. The van der Waals surface area contributed by atoms with Crippen molar-refractivity contribution in [1.29, 1.82) is 0 Å². The number of phosphoric ester groups is 1. The minimum absolute atomic E-state index is 0.0562. The first-order valence-electron chi connectivity index (χ1n) is 27.0. The molecule has 9 heteroatoms. The van der Waals surface area contributed by atoms with E-state index in [0.29, 0.717) is 17.4 Å². The summed E-state index contributed by atoms with van der Waals surface area (Å²) < 4.78 is 23.6. The second-order valence-corrected chi connectivity index (χ2v) is 21.0. The molecule has 376 valence electrons. The van der Waals surface area contributed by atoms with Crippen molar-refractivity contribution in [3.05, 3.63) is 48.6 Å². The fourth-order valence-corrected chi connectivity index (χ4v) is 8.47. The number of likely N-dealkylation sites (N-methyl/N-ethyl adjacent to an activating group) is 1. The van der Waals surface area contributed by atoms with Crippen LogP contribution in [0.4, 0.5) is 0 Å². The Bertz CT molecular complexity index is 1180. The van der Waals surface area contributed by atoms with Crippen molar-refractivity contribution in [1.82, 2.24) is 5.32 Å². The number of carbonyl (C=O) groups is 1. The van der Waals surface area contributed by atoms with Gasteiger partial charge in [-0.2, -0.15) is 0 Å². The van der Waals surface area contributed by atoms with Gasteiger partial charge in [0, 0.05) is 6.42 Å². The van der Waals surface area contributed by atoms with Gasteiger partial charge in [0.2, 0.25) is 5.91 Å². The van der Waals surface area contributed by atoms with Crippen molar-refractivity contribution in [2.24, 2.45) is 0 Å². The van der Waals surface area contributed by atoms with Gasteiger partial charge in [0.05, 0.1) is 39.9 Å². The summed E-state index contributed by atoms with van der Waals surface area (Å²) in [6, 6.07) is -0.862. The Hall–Kier alpha value is -1.54. The molecule has 3 unspecified atom stereocenters. The molecule has 0 aromatic rings. The molecule has 3 N–H and O–H groups in total. The number of aliphatic hydroxyl groups excluding tert-OH is 1. The molecule has 0 aliphatic heterocycles. The van der Waals surface area contributed by atoms with Crippen molar-refractivity contribution in [3.63, 3.8) is 0 Å². The van der Waals surface area contributed by atoms with E-state index in [4.69, 9.17) is 9.05 Å². The van der Waals surface area contributed by atoms with E-state index in [0.717, 1.165) is 44.9 Å². The Labute approximate surface area is 397 Å². The lowest BCUT2D eigenvalue weighted by atomic mass is 10.0. The molecule has 0 bridgehead atoms. The summed E-state index contributed by atoms with van der Waals surface area (Å²) in [4.78, 5) is 23.2. The van der Waals surface area contributed by atoms with Crippen molar-refractivity contribution >= 4 is 13.7 Å². The molecule has 0 aliphatic rings. The molecule has 0 aromatic carbocycles. The number of quaternary nitrogens is 1. The zero-order valence-corrected chi connectivity index (χ0v) is 43.7. The summed E-state index contributed by atoms with van der Waals surface area (Å²) in [5.74, 6) is -0.186. The van der Waals surface area contributed by atoms with Crippen LogP contribution in [-0.4, -0.2) is 73.4 Å². The summed E-state index contributed by atoms with van der Waals surface area (Å²) in [5, 5.41) is 13.8. The second-order valence-electron chi connectivity index (χ2n) is 19.6. The predicted molar refractivity (Wildman–Crippen MR) is 277 cm³/mol. The first-order valence-corrected chi connectivity index (χ1v) is 28.5. The number of rotatable bonds is 49. The number of allylic oxidation sites excluding steroid dienone is 7. The van der Waals surface area contributed by atoms with Gasteiger partial charge in [-0.15, -0.1) is 0 Å². The maximum absolute atomic E-state index is 12.9. The van der Waals surface area contributed by atoms with E-state index >= 15 is 0 Å². The van der Waals surface area contributed by atoms with E-state index in [1.807, 2.05) is 27.2 Å². The van der Waals surface area contributed by atoms with Crippen molar-refractivity contribution in [3.8, 4) is 0 Å². The SMILES string of the molecule is CCCCCCC/C=C\C/C=C\CCCCCCCCCCCCCCCCCCCC(=O)NC(COP(=O)(O)OCC[N+](C)(C)C)C(O)/C=C/CC/C=C/CCCCCCCCC. The second kappa shape index (κ2) is 46.6. The van der Waals surface area contributed by atoms with Gasteiger partial charge in [0.25, 0.3) is 0 Å². The lowest BCUT2D eigenvalue weighted by Gasteiger charge is -2.25. The average Bonchev–Trinajstić information content (AvgIpc) is 3.25. The minimum Gasteiger partial charge on any atom is -0.387 e. The smallest absolute Gasteiger partial charge is 0.387 e. The van der Waals surface area contributed by atoms with Crippen LogP contribution in [0.25, 0.3) is 0 Å². The molecule has 0 rings (SSSR count). The number of aliphatic hydroxyl groups is 1. The molecule has 0 spiro atoms. The Morgan fingerprint density at radius 3 is 1.34 bits per heavy atom. The van der Waals surface area contributed by atoms with E-state index in [1.165, 1.54) is 180 Å². The summed E-state index contributed by atoms with van der Waals surface area (Å²) in [5.41, 5.74) is 0. The van der Waals surface area contributed by atoms with Gasteiger partial charge in [-0.3, -0.25) is 13.8 Å². The largest absolute Gasteiger partial charge is 0.472 e. The zero-order chi connectivity index (χ0) is 47.1. The van der Waals surface area contributed by atoms with Crippen molar-refractivity contribution in [2.75, 3.05) is 40.9 Å². The molecule has 8 nitrogen and oxygen atoms in total. The molecule has 0 aromatic heterocycles. The highest BCUT2D eigenvalue weighted by molar-refractivity contribution is 7.47. The molecule has 0 saturated carbocycles. The lowest BCUT2D eigenvalue weighted by molar-refractivity contribution is -0.870. The molecule has 1 amide bonds. The molecule has 0 saturated heterocycles. The number of carbonyl (C=O) groups excluding carboxylic acids is 1. The minimum atomic E-state index is -4.35. The van der Waals surface area contributed by atoms with Crippen LogP contribution in [0.3, 0.4) is 0 Å². The summed E-state index contributed by atoms with van der Waals surface area (Å²) >= 11 is 0. The highest BCUT2D eigenvalue weighted by Gasteiger charge is 2.27. The van der Waals surface area contributed by atoms with Crippen LogP contribution in [0.5, 0.6) is 0 Å². The van der Waals surface area contributed by atoms with Gasteiger partial charge in [0.1, 0.15) is 13.2 Å². The van der Waals surface area contributed by atoms with Crippen LogP contribution < -0.4 is 5.32 Å². The van der Waals surface area contributed by atoms with E-state index < -0.39 is 20.0 Å². The zero-order valence-electron chi connectivity index (χ0n) is 42.8. The monoisotopic (exact) mass is 922 g/mol. The Morgan fingerprint density at radius 2 is 0.906 bits per heavy atom. The van der Waals surface area contributed by atoms with E-state index in [2.05, 4.69) is 55.6 Å². The van der Waals surface area contributed by atoms with Gasteiger partial charge < -0.3 is 19.8 Å². The number of amides is 1. The first kappa shape index (κ1) is 62.5. The normalized spacial score (nSPS) is 14.4. The van der Waals surface area contributed by atoms with Crippen LogP contribution >= 0.6 is 7.82 Å². The number of nitrogens with zero attached hydrogens (tertiary/aromatic N) is 1. The number of phosphoric acid groups is 1. The summed E-state index contributed by atoms with van der Waals surface area (Å²) in [6.45, 7) is 4.78. The number of unbranched alkanes of at least 4 members (excludes halogenated alkanes) is 30. The molecule has 3 atom stereocenters. The first-order chi connectivity index (χ1) is 31.0. The lowest BCUT2D eigenvalue weighted by Crippen LogP contribution is -2.45. The van der Waals surface area contributed by atoms with Gasteiger partial charge >= 0.3 is 7.82 Å². The fourth-order valence-electron chi connectivity index (χ4n) is 7.74. The summed E-state index contributed by atoms with van der Waals surface area (Å²) in [7, 11) is 1.56. The van der Waals surface area contributed by atoms with E-state index in [1.54, 1.807) is 6.08 Å². The Kier molecular flexibility index (Phi) is 45.4. The van der Waals surface area contributed by atoms with E-state index in [9.17, 15) is 19.4 Å². The third-order valence-electron chi connectivity index (χ3n) is 12.0. The number of hydrogen-bond acceptors (Lipinski definition) is 5. The third-order valence-corrected chi connectivity index (χ3v) is 13.0. The number of hydrogen-bond donors (Lipinski definition) is 3. The fraction of sp³-hybridized carbons (Fsp3) is 0.836. The molecular weight excluding hydrogens is 816 g/mol. The van der Waals surface area contributed by atoms with Crippen LogP contribution in [0.2, 0.25) is 0 Å². The van der Waals surface area contributed by atoms with Crippen molar-refractivity contribution in [2.45, 2.75) is 257 Å². The topological polar surface area (TPSA) is 105 Å². The standard InChI is InChI=1S/C55H105N2O6P/c1-6-8-10-12-14-16-18-20-21-22-23-24-25-26-27-28-29-30-31-32-33-34-35-37-39-41-43-45-47-49-55(59)56-53(52-63-64(60,61)62-51-50-57(3,4)5)54(58)48-46-44-42-40-38-36-19-17-15-13-11-9-7-2/h18,20,22-23,38,40,46,48,53-54,58H,6-17,19,21,24-37,39,41-45,47,49-52H2,1-5H3,(H-,56,59,60,61)/p+1/b20-18-,23-22-,40-38+,48-46+. The Morgan fingerprint density at radius 1 is 0.531 bits per heavy atom. The van der Waals surface area contributed by atoms with Crippen LogP contribution in [0, 0.1) is 0 Å².